The van der Waals surface area contributed by atoms with Crippen molar-refractivity contribution in [3.8, 4) is 11.5 Å². The first-order chi connectivity index (χ1) is 13.5. The van der Waals surface area contributed by atoms with Gasteiger partial charge < -0.3 is 20.1 Å². The van der Waals surface area contributed by atoms with Crippen LogP contribution in [0.25, 0.3) is 0 Å². The molecular formula is C22H29BrN2O3. The molecule has 0 aliphatic rings. The Labute approximate surface area is 175 Å². The Morgan fingerprint density at radius 2 is 1.86 bits per heavy atom. The third-order valence-corrected chi connectivity index (χ3v) is 5.04. The van der Waals surface area contributed by atoms with Crippen molar-refractivity contribution in [2.45, 2.75) is 39.7 Å². The molecule has 1 amide bonds. The molecule has 0 aliphatic heterocycles. The van der Waals surface area contributed by atoms with E-state index >= 15 is 0 Å². The maximum atomic E-state index is 12.2. The van der Waals surface area contributed by atoms with E-state index in [0.29, 0.717) is 11.5 Å². The monoisotopic (exact) mass is 448 g/mol. The Balaban J connectivity index is 1.92. The zero-order valence-electron chi connectivity index (χ0n) is 16.8. The number of amides is 1. The molecule has 5 nitrogen and oxygen atoms in total. The van der Waals surface area contributed by atoms with Crippen LogP contribution in [0.3, 0.4) is 0 Å². The van der Waals surface area contributed by atoms with Crippen molar-refractivity contribution < 1.29 is 14.3 Å². The van der Waals surface area contributed by atoms with E-state index < -0.39 is 0 Å². The summed E-state index contributed by atoms with van der Waals surface area (Å²) in [5, 5.41) is 6.26. The van der Waals surface area contributed by atoms with Crippen LogP contribution in [0.2, 0.25) is 0 Å². The number of benzene rings is 2. The lowest BCUT2D eigenvalue weighted by molar-refractivity contribution is -0.118. The number of hydrogen-bond donors (Lipinski definition) is 2. The Morgan fingerprint density at radius 1 is 1.11 bits per heavy atom. The Morgan fingerprint density at radius 3 is 2.54 bits per heavy atom. The molecule has 0 atom stereocenters. The summed E-state index contributed by atoms with van der Waals surface area (Å²) in [6.45, 7) is 5.84. The molecule has 0 saturated carbocycles. The number of nitrogens with one attached hydrogen (secondary N) is 2. The second kappa shape index (κ2) is 11.7. The summed E-state index contributed by atoms with van der Waals surface area (Å²) in [5.74, 6) is 0.920. The van der Waals surface area contributed by atoms with Gasteiger partial charge in [0.15, 0.2) is 18.1 Å². The summed E-state index contributed by atoms with van der Waals surface area (Å²) in [5.41, 5.74) is 2.98. The van der Waals surface area contributed by atoms with E-state index in [2.05, 4.69) is 33.5 Å². The molecular weight excluding hydrogens is 420 g/mol. The van der Waals surface area contributed by atoms with E-state index in [4.69, 9.17) is 9.47 Å². The van der Waals surface area contributed by atoms with Crippen molar-refractivity contribution in [1.82, 2.24) is 5.32 Å². The number of unbranched alkanes of at least 4 members (excludes halogenated alkanes) is 2. The molecule has 0 saturated heterocycles. The fourth-order valence-electron chi connectivity index (χ4n) is 2.69. The first-order valence-corrected chi connectivity index (χ1v) is 10.4. The van der Waals surface area contributed by atoms with E-state index in [1.54, 1.807) is 7.11 Å². The highest BCUT2D eigenvalue weighted by atomic mass is 79.9. The normalized spacial score (nSPS) is 10.6. The highest BCUT2D eigenvalue weighted by molar-refractivity contribution is 9.10. The van der Waals surface area contributed by atoms with Gasteiger partial charge in [-0.2, -0.15) is 0 Å². The number of rotatable bonds is 11. The molecule has 0 aromatic heterocycles. The molecule has 0 fully saturated rings. The summed E-state index contributed by atoms with van der Waals surface area (Å²) in [4.78, 5) is 12.2. The average molecular weight is 449 g/mol. The lowest BCUT2D eigenvalue weighted by Crippen LogP contribution is -2.20. The molecule has 0 spiro atoms. The van der Waals surface area contributed by atoms with E-state index in [0.717, 1.165) is 34.4 Å². The van der Waals surface area contributed by atoms with Crippen LogP contribution >= 0.6 is 15.9 Å². The van der Waals surface area contributed by atoms with Crippen LogP contribution in [-0.4, -0.2) is 26.2 Å². The van der Waals surface area contributed by atoms with E-state index in [1.807, 2.05) is 43.3 Å². The Hall–Kier alpha value is -2.05. The van der Waals surface area contributed by atoms with Crippen molar-refractivity contribution in [1.29, 1.82) is 0 Å². The Kier molecular flexibility index (Phi) is 9.31. The smallest absolute Gasteiger partial charge is 0.262 e. The zero-order valence-corrected chi connectivity index (χ0v) is 18.4. The summed E-state index contributed by atoms with van der Waals surface area (Å²) < 4.78 is 12.1. The second-order valence-corrected chi connectivity index (χ2v) is 7.54. The van der Waals surface area contributed by atoms with Gasteiger partial charge in [-0.15, -0.1) is 0 Å². The van der Waals surface area contributed by atoms with Gasteiger partial charge in [-0.1, -0.05) is 53.4 Å². The van der Waals surface area contributed by atoms with Gasteiger partial charge in [-0.3, -0.25) is 4.79 Å². The van der Waals surface area contributed by atoms with E-state index in [9.17, 15) is 4.79 Å². The van der Waals surface area contributed by atoms with Crippen molar-refractivity contribution in [3.05, 3.63) is 52.0 Å². The molecule has 0 aliphatic carbocycles. The van der Waals surface area contributed by atoms with Crippen molar-refractivity contribution >= 4 is 27.5 Å². The summed E-state index contributed by atoms with van der Waals surface area (Å²) in [6.07, 6.45) is 3.61. The second-order valence-electron chi connectivity index (χ2n) is 6.68. The van der Waals surface area contributed by atoms with Crippen LogP contribution in [0.15, 0.2) is 40.9 Å². The van der Waals surface area contributed by atoms with Gasteiger partial charge in [0.25, 0.3) is 5.91 Å². The highest BCUT2D eigenvalue weighted by Crippen LogP contribution is 2.33. The number of carbonyl (C=O) groups excluding carboxylic acids is 1. The van der Waals surface area contributed by atoms with Crippen LogP contribution in [0.5, 0.6) is 11.5 Å². The van der Waals surface area contributed by atoms with Crippen LogP contribution in [0.1, 0.15) is 37.3 Å². The topological polar surface area (TPSA) is 59.6 Å². The van der Waals surface area contributed by atoms with Crippen LogP contribution < -0.4 is 20.1 Å². The first kappa shape index (κ1) is 22.2. The lowest BCUT2D eigenvalue weighted by Gasteiger charge is -2.14. The molecule has 2 aromatic carbocycles. The van der Waals surface area contributed by atoms with Gasteiger partial charge in [0.2, 0.25) is 0 Å². The molecule has 0 unspecified atom stereocenters. The molecule has 152 valence electrons. The minimum atomic E-state index is -0.219. The molecule has 2 aromatic rings. The molecule has 0 heterocycles. The maximum Gasteiger partial charge on any atom is 0.262 e. The summed E-state index contributed by atoms with van der Waals surface area (Å²) in [7, 11) is 1.60. The van der Waals surface area contributed by atoms with Crippen LogP contribution in [0, 0.1) is 6.92 Å². The van der Waals surface area contributed by atoms with E-state index in [-0.39, 0.29) is 12.5 Å². The predicted octanol–water partition coefficient (Wildman–Crippen LogP) is 5.06. The predicted molar refractivity (Wildman–Crippen MR) is 117 cm³/mol. The molecule has 28 heavy (non-hydrogen) atoms. The van der Waals surface area contributed by atoms with Gasteiger partial charge in [-0.05, 0) is 49.7 Å². The molecule has 2 N–H and O–H groups in total. The van der Waals surface area contributed by atoms with Gasteiger partial charge in [0.05, 0.1) is 7.11 Å². The maximum absolute atomic E-state index is 12.2. The summed E-state index contributed by atoms with van der Waals surface area (Å²) in [6, 6.07) is 11.4. The third-order valence-electron chi connectivity index (χ3n) is 4.30. The quantitative estimate of drug-likeness (QED) is 0.471. The fourth-order valence-corrected chi connectivity index (χ4v) is 3.15. The van der Waals surface area contributed by atoms with Crippen LogP contribution in [0.4, 0.5) is 5.69 Å². The highest BCUT2D eigenvalue weighted by Gasteiger charge is 2.12. The standard InChI is InChI=1S/C22H29BrN2O3/c1-4-5-6-11-24-14-17-12-20(27-3)21(13-19(17)23)28-15-22(26)25-18-9-7-16(2)8-10-18/h7-10,12-13,24H,4-6,11,14-15H2,1-3H3,(H,25,26). The SMILES string of the molecule is CCCCCNCc1cc(OC)c(OCC(=O)Nc2ccc(C)cc2)cc1Br. The average Bonchev–Trinajstić information content (AvgIpc) is 2.69. The zero-order chi connectivity index (χ0) is 20.4. The summed E-state index contributed by atoms with van der Waals surface area (Å²) >= 11 is 3.58. The van der Waals surface area contributed by atoms with Crippen LogP contribution in [-0.2, 0) is 11.3 Å². The molecule has 0 radical (unpaired) electrons. The molecule has 6 heteroatoms. The van der Waals surface area contributed by atoms with Gasteiger partial charge in [0, 0.05) is 16.7 Å². The fraction of sp³-hybridized carbons (Fsp3) is 0.409. The van der Waals surface area contributed by atoms with Crippen molar-refractivity contribution in [3.63, 3.8) is 0 Å². The van der Waals surface area contributed by atoms with Crippen molar-refractivity contribution in [2.24, 2.45) is 0 Å². The minimum Gasteiger partial charge on any atom is -0.493 e. The van der Waals surface area contributed by atoms with Gasteiger partial charge in [0.1, 0.15) is 0 Å². The number of halogens is 1. The van der Waals surface area contributed by atoms with E-state index in [1.165, 1.54) is 19.3 Å². The number of methoxy groups -OCH3 is 1. The number of aryl methyl sites for hydroxylation is 1. The Bertz CT molecular complexity index is 763. The lowest BCUT2D eigenvalue weighted by atomic mass is 10.2. The largest absolute Gasteiger partial charge is 0.493 e. The number of ether oxygens (including phenoxy) is 2. The third kappa shape index (κ3) is 7.17. The van der Waals surface area contributed by atoms with Gasteiger partial charge in [-0.25, -0.2) is 0 Å². The number of hydrogen-bond acceptors (Lipinski definition) is 4. The first-order valence-electron chi connectivity index (χ1n) is 9.60. The molecule has 2 rings (SSSR count). The minimum absolute atomic E-state index is 0.0920. The van der Waals surface area contributed by atoms with Crippen molar-refractivity contribution in [2.75, 3.05) is 25.6 Å². The number of carbonyl (C=O) groups is 1. The molecule has 0 bridgehead atoms. The van der Waals surface area contributed by atoms with Gasteiger partial charge >= 0.3 is 0 Å². The number of anilines is 1.